The van der Waals surface area contributed by atoms with Crippen LogP contribution in [0, 0.1) is 0 Å². The lowest BCUT2D eigenvalue weighted by molar-refractivity contribution is -0.132. The fraction of sp³-hybridized carbons (Fsp3) is 0.143. The molecule has 58 valence electrons. The molecular weight excluding hydrogens is 166 g/mol. The number of rotatable bonds is 1. The highest BCUT2D eigenvalue weighted by atomic mass is 35.5. The average molecular weight is 172 g/mol. The lowest BCUT2D eigenvalue weighted by Gasteiger charge is -1.97. The van der Waals surface area contributed by atoms with Crippen molar-refractivity contribution in [2.24, 2.45) is 0 Å². The maximum atomic E-state index is 10.4. The van der Waals surface area contributed by atoms with Gasteiger partial charge in [-0.25, -0.2) is 4.98 Å². The van der Waals surface area contributed by atoms with Crippen LogP contribution in [0.1, 0.15) is 6.92 Å². The molecule has 0 fully saturated rings. The van der Waals surface area contributed by atoms with Gasteiger partial charge in [-0.15, -0.1) is 0 Å². The minimum Gasteiger partial charge on any atom is -0.408 e. The lowest BCUT2D eigenvalue weighted by Crippen LogP contribution is -2.02. The zero-order chi connectivity index (χ0) is 8.27. The maximum Gasteiger partial charge on any atom is 0.309 e. The number of hydrogen-bond acceptors (Lipinski definition) is 3. The number of aromatic nitrogens is 1. The Hall–Kier alpha value is -1.09. The zero-order valence-corrected chi connectivity index (χ0v) is 6.63. The molecule has 3 nitrogen and oxygen atoms in total. The van der Waals surface area contributed by atoms with E-state index in [1.807, 2.05) is 0 Å². The summed E-state index contributed by atoms with van der Waals surface area (Å²) in [6, 6.07) is 3.14. The van der Waals surface area contributed by atoms with Gasteiger partial charge in [0, 0.05) is 19.2 Å². The van der Waals surface area contributed by atoms with Gasteiger partial charge in [-0.1, -0.05) is 11.6 Å². The first-order chi connectivity index (χ1) is 5.18. The summed E-state index contributed by atoms with van der Waals surface area (Å²) in [5.41, 5.74) is 0. The van der Waals surface area contributed by atoms with Crippen LogP contribution in [0.25, 0.3) is 0 Å². The van der Waals surface area contributed by atoms with Gasteiger partial charge in [0.15, 0.2) is 0 Å². The highest BCUT2D eigenvalue weighted by Gasteiger charge is 1.97. The highest BCUT2D eigenvalue weighted by Crippen LogP contribution is 2.11. The highest BCUT2D eigenvalue weighted by molar-refractivity contribution is 6.30. The van der Waals surface area contributed by atoms with Gasteiger partial charge < -0.3 is 4.74 Å². The van der Waals surface area contributed by atoms with Crippen molar-refractivity contribution in [2.75, 3.05) is 0 Å². The van der Waals surface area contributed by atoms with Crippen LogP contribution in [-0.4, -0.2) is 11.0 Å². The third kappa shape index (κ3) is 2.55. The van der Waals surface area contributed by atoms with Gasteiger partial charge in [-0.3, -0.25) is 4.79 Å². The Bertz CT molecular complexity index is 258. The van der Waals surface area contributed by atoms with E-state index in [0.29, 0.717) is 5.02 Å². The van der Waals surface area contributed by atoms with Crippen LogP contribution in [0.2, 0.25) is 5.02 Å². The first kappa shape index (κ1) is 8.01. The number of carbonyl (C=O) groups is 1. The van der Waals surface area contributed by atoms with Crippen LogP contribution < -0.4 is 4.74 Å². The first-order valence-electron chi connectivity index (χ1n) is 2.98. The molecule has 1 rings (SSSR count). The fourth-order valence-corrected chi connectivity index (χ4v) is 0.682. The molecule has 1 aromatic heterocycles. The quantitative estimate of drug-likeness (QED) is 0.604. The van der Waals surface area contributed by atoms with E-state index in [2.05, 4.69) is 9.72 Å². The Balaban J connectivity index is 2.74. The van der Waals surface area contributed by atoms with E-state index in [4.69, 9.17) is 11.6 Å². The van der Waals surface area contributed by atoms with E-state index >= 15 is 0 Å². The van der Waals surface area contributed by atoms with E-state index < -0.39 is 0 Å². The van der Waals surface area contributed by atoms with Crippen LogP contribution in [0.4, 0.5) is 0 Å². The topological polar surface area (TPSA) is 39.2 Å². The number of ether oxygens (including phenoxy) is 1. The van der Waals surface area contributed by atoms with E-state index in [-0.39, 0.29) is 11.8 Å². The van der Waals surface area contributed by atoms with Gasteiger partial charge in [-0.05, 0) is 6.07 Å². The van der Waals surface area contributed by atoms with E-state index in [1.54, 1.807) is 6.07 Å². The second-order valence-electron chi connectivity index (χ2n) is 1.91. The molecule has 1 aromatic rings. The van der Waals surface area contributed by atoms with Crippen molar-refractivity contribution >= 4 is 17.6 Å². The van der Waals surface area contributed by atoms with Crippen LogP contribution in [0.5, 0.6) is 5.88 Å². The van der Waals surface area contributed by atoms with E-state index in [9.17, 15) is 4.79 Å². The summed E-state index contributed by atoms with van der Waals surface area (Å²) in [6.07, 6.45) is 1.42. The molecule has 0 atom stereocenters. The molecule has 0 aromatic carbocycles. The third-order valence-corrected chi connectivity index (χ3v) is 1.17. The smallest absolute Gasteiger partial charge is 0.309 e. The molecule has 0 spiro atoms. The third-order valence-electron chi connectivity index (χ3n) is 0.949. The summed E-state index contributed by atoms with van der Waals surface area (Å²) in [4.78, 5) is 14.1. The molecule has 0 radical (unpaired) electrons. The van der Waals surface area contributed by atoms with Crippen LogP contribution in [0.3, 0.4) is 0 Å². The van der Waals surface area contributed by atoms with Gasteiger partial charge in [-0.2, -0.15) is 0 Å². The standard InChI is InChI=1S/C7H6ClNO2/c1-5(10)11-7-3-2-6(8)4-9-7/h2-4H,1H3. The second kappa shape index (κ2) is 3.34. The molecule has 0 bridgehead atoms. The number of pyridine rings is 1. The molecule has 0 unspecified atom stereocenters. The molecule has 0 aliphatic rings. The number of esters is 1. The van der Waals surface area contributed by atoms with E-state index in [1.165, 1.54) is 19.2 Å². The predicted molar refractivity (Wildman–Crippen MR) is 40.6 cm³/mol. The molecule has 11 heavy (non-hydrogen) atoms. The Morgan fingerprint density at radius 3 is 2.82 bits per heavy atom. The van der Waals surface area contributed by atoms with Gasteiger partial charge >= 0.3 is 5.97 Å². The van der Waals surface area contributed by atoms with Crippen molar-refractivity contribution in [1.29, 1.82) is 0 Å². The summed E-state index contributed by atoms with van der Waals surface area (Å²) in [7, 11) is 0. The van der Waals surface area contributed by atoms with Crippen molar-refractivity contribution in [3.8, 4) is 5.88 Å². The number of halogens is 1. The summed E-state index contributed by atoms with van der Waals surface area (Å²) in [6.45, 7) is 1.32. The number of carbonyl (C=O) groups excluding carboxylic acids is 1. The SMILES string of the molecule is CC(=O)Oc1ccc(Cl)cn1. The molecule has 0 amide bonds. The summed E-state index contributed by atoms with van der Waals surface area (Å²) < 4.78 is 4.66. The molecule has 0 saturated carbocycles. The number of nitrogens with zero attached hydrogens (tertiary/aromatic N) is 1. The van der Waals surface area contributed by atoms with Crippen molar-refractivity contribution in [3.05, 3.63) is 23.4 Å². The Kier molecular flexibility index (Phi) is 2.44. The van der Waals surface area contributed by atoms with Gasteiger partial charge in [0.05, 0.1) is 5.02 Å². The molecule has 0 N–H and O–H groups in total. The van der Waals surface area contributed by atoms with Gasteiger partial charge in [0.1, 0.15) is 0 Å². The molecule has 1 heterocycles. The average Bonchev–Trinajstić information content (AvgIpc) is 1.93. The van der Waals surface area contributed by atoms with Crippen molar-refractivity contribution in [1.82, 2.24) is 4.98 Å². The van der Waals surface area contributed by atoms with Gasteiger partial charge in [0.25, 0.3) is 0 Å². The fourth-order valence-electron chi connectivity index (χ4n) is 0.570. The van der Waals surface area contributed by atoms with Crippen molar-refractivity contribution in [2.45, 2.75) is 6.92 Å². The summed E-state index contributed by atoms with van der Waals surface area (Å²) in [5.74, 6) is -0.123. The molecular formula is C7H6ClNO2. The molecule has 0 aliphatic carbocycles. The first-order valence-corrected chi connectivity index (χ1v) is 3.36. The van der Waals surface area contributed by atoms with Crippen LogP contribution in [0.15, 0.2) is 18.3 Å². The largest absolute Gasteiger partial charge is 0.408 e. The monoisotopic (exact) mass is 171 g/mol. The Labute approximate surface area is 69.0 Å². The minimum atomic E-state index is -0.389. The summed E-state index contributed by atoms with van der Waals surface area (Å²) >= 11 is 5.55. The molecule has 0 aliphatic heterocycles. The Morgan fingerprint density at radius 1 is 1.64 bits per heavy atom. The number of hydrogen-bond donors (Lipinski definition) is 0. The molecule has 4 heteroatoms. The van der Waals surface area contributed by atoms with Gasteiger partial charge in [0.2, 0.25) is 5.88 Å². The normalized spacial score (nSPS) is 9.27. The Morgan fingerprint density at radius 2 is 2.36 bits per heavy atom. The lowest BCUT2D eigenvalue weighted by atomic mass is 10.5. The van der Waals surface area contributed by atoms with E-state index in [0.717, 1.165) is 0 Å². The maximum absolute atomic E-state index is 10.4. The predicted octanol–water partition coefficient (Wildman–Crippen LogP) is 1.66. The zero-order valence-electron chi connectivity index (χ0n) is 5.87. The minimum absolute atomic E-state index is 0.266. The summed E-state index contributed by atoms with van der Waals surface area (Å²) in [5, 5.41) is 0.515. The van der Waals surface area contributed by atoms with Crippen LogP contribution >= 0.6 is 11.6 Å². The van der Waals surface area contributed by atoms with Crippen molar-refractivity contribution < 1.29 is 9.53 Å². The van der Waals surface area contributed by atoms with Crippen molar-refractivity contribution in [3.63, 3.8) is 0 Å². The second-order valence-corrected chi connectivity index (χ2v) is 2.34. The van der Waals surface area contributed by atoms with Crippen LogP contribution in [-0.2, 0) is 4.79 Å². The molecule has 0 saturated heterocycles.